The molecule has 0 radical (unpaired) electrons. The third kappa shape index (κ3) is 5.41. The molecule has 7 aromatic carbocycles. The molecule has 4 aromatic heterocycles. The maximum atomic E-state index is 6.44. The number of oxazole rings is 1. The molecule has 56 heavy (non-hydrogen) atoms. The van der Waals surface area contributed by atoms with Gasteiger partial charge in [0.05, 0.1) is 5.39 Å². The average molecular weight is 720 g/mol. The van der Waals surface area contributed by atoms with Crippen LogP contribution < -0.4 is 0 Å². The van der Waals surface area contributed by atoms with Gasteiger partial charge in [-0.3, -0.25) is 4.98 Å². The zero-order valence-corrected chi connectivity index (χ0v) is 29.8. The molecule has 11 rings (SSSR count). The van der Waals surface area contributed by atoms with Crippen LogP contribution in [0.1, 0.15) is 0 Å². The number of aromatic nitrogens is 5. The van der Waals surface area contributed by atoms with Crippen molar-refractivity contribution in [3.8, 4) is 68.0 Å². The van der Waals surface area contributed by atoms with Crippen molar-refractivity contribution < 1.29 is 8.83 Å². The first-order chi connectivity index (χ1) is 27.7. The molecule has 0 saturated heterocycles. The third-order valence-electron chi connectivity index (χ3n) is 10.3. The number of fused-ring (bicyclic) bond motifs is 6. The summed E-state index contributed by atoms with van der Waals surface area (Å²) in [5, 5.41) is 4.20. The molecular formula is C49H29N5O2. The molecule has 0 unspecified atom stereocenters. The quantitative estimate of drug-likeness (QED) is 0.169. The van der Waals surface area contributed by atoms with Gasteiger partial charge in [-0.15, -0.1) is 0 Å². The Bertz CT molecular complexity index is 3170. The fraction of sp³-hybridized carbons (Fsp3) is 0. The molecule has 0 aliphatic heterocycles. The molecule has 0 N–H and O–H groups in total. The van der Waals surface area contributed by atoms with E-state index in [1.165, 1.54) is 0 Å². The monoisotopic (exact) mass is 719 g/mol. The summed E-state index contributed by atoms with van der Waals surface area (Å²) in [7, 11) is 0. The van der Waals surface area contributed by atoms with Gasteiger partial charge in [0.2, 0.25) is 5.89 Å². The fourth-order valence-corrected chi connectivity index (χ4v) is 7.55. The van der Waals surface area contributed by atoms with Crippen LogP contribution in [0.5, 0.6) is 0 Å². The van der Waals surface area contributed by atoms with Crippen LogP contribution in [0.3, 0.4) is 0 Å². The molecule has 7 nitrogen and oxygen atoms in total. The van der Waals surface area contributed by atoms with E-state index in [2.05, 4.69) is 83.8 Å². The van der Waals surface area contributed by atoms with E-state index >= 15 is 0 Å². The summed E-state index contributed by atoms with van der Waals surface area (Å²) in [6.07, 6.45) is 1.74. The minimum atomic E-state index is 0.486. The van der Waals surface area contributed by atoms with Crippen LogP contribution >= 0.6 is 0 Å². The van der Waals surface area contributed by atoms with E-state index in [0.29, 0.717) is 34.6 Å². The zero-order chi connectivity index (χ0) is 37.0. The number of nitrogens with zero attached hydrogens (tertiary/aromatic N) is 5. The van der Waals surface area contributed by atoms with Crippen LogP contribution in [-0.4, -0.2) is 24.9 Å². The first-order valence-electron chi connectivity index (χ1n) is 18.4. The van der Waals surface area contributed by atoms with Crippen LogP contribution in [0.15, 0.2) is 185 Å². The lowest BCUT2D eigenvalue weighted by atomic mass is 9.91. The number of pyridine rings is 1. The Morgan fingerprint density at radius 2 is 0.946 bits per heavy atom. The molecule has 0 saturated carbocycles. The Hall–Kier alpha value is -7.77. The van der Waals surface area contributed by atoms with E-state index in [-0.39, 0.29) is 0 Å². The smallest absolute Gasteiger partial charge is 0.246 e. The van der Waals surface area contributed by atoms with Crippen molar-refractivity contribution in [3.05, 3.63) is 176 Å². The lowest BCUT2D eigenvalue weighted by Crippen LogP contribution is -2.00. The van der Waals surface area contributed by atoms with Gasteiger partial charge in [0, 0.05) is 28.3 Å². The molecular weight excluding hydrogens is 691 g/mol. The predicted octanol–water partition coefficient (Wildman–Crippen LogP) is 12.5. The zero-order valence-electron chi connectivity index (χ0n) is 29.8. The van der Waals surface area contributed by atoms with Gasteiger partial charge in [0.25, 0.3) is 0 Å². The van der Waals surface area contributed by atoms with Gasteiger partial charge in [-0.2, -0.15) is 0 Å². The number of furan rings is 1. The summed E-state index contributed by atoms with van der Waals surface area (Å²) in [6.45, 7) is 0. The summed E-state index contributed by atoms with van der Waals surface area (Å²) in [6, 6.07) is 57.5. The van der Waals surface area contributed by atoms with Gasteiger partial charge in [0.1, 0.15) is 22.4 Å². The second-order valence-electron chi connectivity index (χ2n) is 13.7. The summed E-state index contributed by atoms with van der Waals surface area (Å²) >= 11 is 0. The van der Waals surface area contributed by atoms with E-state index in [0.717, 1.165) is 77.2 Å². The van der Waals surface area contributed by atoms with Gasteiger partial charge in [-0.05, 0) is 69.4 Å². The van der Waals surface area contributed by atoms with Crippen molar-refractivity contribution in [1.29, 1.82) is 0 Å². The number of hydrogen-bond donors (Lipinski definition) is 0. The Labute approximate surface area is 320 Å². The van der Waals surface area contributed by atoms with Crippen molar-refractivity contribution in [2.75, 3.05) is 0 Å². The standard InChI is InChI=1S/C49H29N5O2/c1-3-11-31(12-4-1)46-52-47(32-13-5-2-6-14-32)54-48(53-46)33-20-18-30(19-21-33)35-24-25-36(38-16-8-7-15-37(35)38)34-22-23-39-43(29-34)55-42-27-26-40-45(44(39)42)56-49(51-40)41-17-9-10-28-50-41/h1-29H. The highest BCUT2D eigenvalue weighted by Gasteiger charge is 2.19. The molecule has 262 valence electrons. The maximum Gasteiger partial charge on any atom is 0.246 e. The second kappa shape index (κ2) is 13.0. The Morgan fingerprint density at radius 3 is 1.59 bits per heavy atom. The molecule has 4 heterocycles. The summed E-state index contributed by atoms with van der Waals surface area (Å²) < 4.78 is 12.7. The highest BCUT2D eigenvalue weighted by Crippen LogP contribution is 2.41. The van der Waals surface area contributed by atoms with Crippen LogP contribution in [0.25, 0.3) is 112 Å². The Morgan fingerprint density at radius 1 is 0.375 bits per heavy atom. The normalized spacial score (nSPS) is 11.6. The molecule has 0 bridgehead atoms. The van der Waals surface area contributed by atoms with Crippen LogP contribution in [0.4, 0.5) is 0 Å². The molecule has 0 fully saturated rings. The van der Waals surface area contributed by atoms with Gasteiger partial charge < -0.3 is 8.83 Å². The summed E-state index contributed by atoms with van der Waals surface area (Å²) in [4.78, 5) is 23.8. The predicted molar refractivity (Wildman–Crippen MR) is 223 cm³/mol. The second-order valence-corrected chi connectivity index (χ2v) is 13.7. The van der Waals surface area contributed by atoms with Crippen molar-refractivity contribution in [1.82, 2.24) is 24.9 Å². The van der Waals surface area contributed by atoms with E-state index in [9.17, 15) is 0 Å². The third-order valence-corrected chi connectivity index (χ3v) is 10.3. The van der Waals surface area contributed by atoms with E-state index in [1.807, 2.05) is 91.0 Å². The van der Waals surface area contributed by atoms with E-state index in [4.69, 9.17) is 28.8 Å². The highest BCUT2D eigenvalue weighted by atomic mass is 16.4. The molecule has 0 aliphatic rings. The average Bonchev–Trinajstić information content (AvgIpc) is 3.88. The summed E-state index contributed by atoms with van der Waals surface area (Å²) in [5.74, 6) is 2.40. The van der Waals surface area contributed by atoms with Gasteiger partial charge >= 0.3 is 0 Å². The SMILES string of the molecule is c1ccc(-c2nc(-c3ccccc3)nc(-c3ccc(-c4ccc(-c5ccc6c(c5)oc5ccc7nc(-c8ccccn8)oc7c56)c5ccccc45)cc3)n2)cc1. The van der Waals surface area contributed by atoms with Crippen LogP contribution in [0, 0.1) is 0 Å². The molecule has 0 spiro atoms. The number of benzene rings is 7. The molecule has 0 aliphatic carbocycles. The fourth-order valence-electron chi connectivity index (χ4n) is 7.55. The summed E-state index contributed by atoms with van der Waals surface area (Å²) in [5.41, 5.74) is 10.9. The van der Waals surface area contributed by atoms with Crippen molar-refractivity contribution >= 4 is 43.8 Å². The topological polar surface area (TPSA) is 90.7 Å². The first kappa shape index (κ1) is 31.7. The first-order valence-corrected chi connectivity index (χ1v) is 18.4. The van der Waals surface area contributed by atoms with Gasteiger partial charge in [-0.1, -0.05) is 133 Å². The lowest BCUT2D eigenvalue weighted by molar-refractivity contribution is 0.619. The number of hydrogen-bond acceptors (Lipinski definition) is 7. The van der Waals surface area contributed by atoms with Crippen molar-refractivity contribution in [3.63, 3.8) is 0 Å². The largest absolute Gasteiger partial charge is 0.456 e. The maximum absolute atomic E-state index is 6.44. The molecule has 0 amide bonds. The lowest BCUT2D eigenvalue weighted by Gasteiger charge is -2.13. The van der Waals surface area contributed by atoms with Crippen LogP contribution in [0.2, 0.25) is 0 Å². The molecule has 0 atom stereocenters. The Kier molecular flexibility index (Phi) is 7.35. The van der Waals surface area contributed by atoms with Gasteiger partial charge in [0.15, 0.2) is 23.1 Å². The molecule has 7 heteroatoms. The Balaban J connectivity index is 0.964. The molecule has 11 aromatic rings. The van der Waals surface area contributed by atoms with E-state index in [1.54, 1.807) is 6.20 Å². The minimum Gasteiger partial charge on any atom is -0.456 e. The van der Waals surface area contributed by atoms with Crippen molar-refractivity contribution in [2.45, 2.75) is 0 Å². The van der Waals surface area contributed by atoms with Crippen LogP contribution in [-0.2, 0) is 0 Å². The van der Waals surface area contributed by atoms with Gasteiger partial charge in [-0.25, -0.2) is 19.9 Å². The van der Waals surface area contributed by atoms with E-state index < -0.39 is 0 Å². The minimum absolute atomic E-state index is 0.486. The number of rotatable bonds is 6. The van der Waals surface area contributed by atoms with Crippen molar-refractivity contribution in [2.24, 2.45) is 0 Å². The highest BCUT2D eigenvalue weighted by molar-refractivity contribution is 6.17.